The first-order valence-electron chi connectivity index (χ1n) is 11.6. The van der Waals surface area contributed by atoms with E-state index in [2.05, 4.69) is 11.4 Å². The average molecular weight is 599 g/mol. The van der Waals surface area contributed by atoms with Crippen molar-refractivity contribution in [2.75, 3.05) is 25.3 Å². The summed E-state index contributed by atoms with van der Waals surface area (Å²) in [7, 11) is 3.11. The summed E-state index contributed by atoms with van der Waals surface area (Å²) in [5.74, 6) is 0.682. The molecule has 0 aliphatic carbocycles. The standard InChI is InChI=1S/C29H22Cl3N3O3S/c1-16-4-6-17(7-5-16)24-13-20(18-8-9-25(37-2)26(10-18)38-3)21(14-33)29(34-24)39-15-27(36)35-28-22(31)11-19(30)12-23(28)32/h4-13H,15H2,1-3H3,(H,35,36). The lowest BCUT2D eigenvalue weighted by Gasteiger charge is -2.15. The molecule has 0 spiro atoms. The third-order valence-corrected chi connectivity index (χ3v) is 7.54. The van der Waals surface area contributed by atoms with Crippen LogP contribution in [0.4, 0.5) is 5.69 Å². The van der Waals surface area contributed by atoms with Gasteiger partial charge in [0.05, 0.1) is 47.0 Å². The van der Waals surface area contributed by atoms with Crippen LogP contribution in [0.5, 0.6) is 11.5 Å². The van der Waals surface area contributed by atoms with Gasteiger partial charge in [-0.1, -0.05) is 82.5 Å². The van der Waals surface area contributed by atoms with Crippen molar-refractivity contribution >= 4 is 58.2 Å². The van der Waals surface area contributed by atoms with Crippen LogP contribution in [0.3, 0.4) is 0 Å². The van der Waals surface area contributed by atoms with E-state index in [1.165, 1.54) is 12.1 Å². The van der Waals surface area contributed by atoms with Gasteiger partial charge in [0.15, 0.2) is 11.5 Å². The Morgan fingerprint density at radius 3 is 2.21 bits per heavy atom. The lowest BCUT2D eigenvalue weighted by atomic mass is 9.98. The van der Waals surface area contributed by atoms with Gasteiger partial charge in [0, 0.05) is 16.1 Å². The maximum absolute atomic E-state index is 12.9. The molecule has 0 saturated carbocycles. The van der Waals surface area contributed by atoms with E-state index in [0.29, 0.717) is 38.4 Å². The number of aromatic nitrogens is 1. The Kier molecular flexibility index (Phi) is 9.26. The van der Waals surface area contributed by atoms with E-state index in [1.807, 2.05) is 43.3 Å². The van der Waals surface area contributed by atoms with Gasteiger partial charge in [-0.05, 0) is 42.8 Å². The first-order valence-corrected chi connectivity index (χ1v) is 13.7. The molecule has 4 rings (SSSR count). The van der Waals surface area contributed by atoms with Gasteiger partial charge < -0.3 is 14.8 Å². The number of amides is 1. The van der Waals surface area contributed by atoms with Gasteiger partial charge in [0.2, 0.25) is 5.91 Å². The third kappa shape index (κ3) is 6.60. The number of ether oxygens (including phenoxy) is 2. The molecule has 6 nitrogen and oxygen atoms in total. The zero-order chi connectivity index (χ0) is 28.1. The summed E-state index contributed by atoms with van der Waals surface area (Å²) < 4.78 is 10.9. The average Bonchev–Trinajstić information content (AvgIpc) is 2.93. The number of hydrogen-bond acceptors (Lipinski definition) is 6. The number of halogens is 3. The first kappa shape index (κ1) is 28.6. The van der Waals surface area contributed by atoms with Gasteiger partial charge in [-0.15, -0.1) is 0 Å². The Hall–Kier alpha value is -3.41. The van der Waals surface area contributed by atoms with Crippen molar-refractivity contribution in [1.29, 1.82) is 5.26 Å². The predicted octanol–water partition coefficient (Wildman–Crippen LogP) is 8.30. The number of benzene rings is 3. The highest BCUT2D eigenvalue weighted by Gasteiger charge is 2.19. The number of carbonyl (C=O) groups excluding carboxylic acids is 1. The molecule has 0 aliphatic rings. The zero-order valence-corrected chi connectivity index (χ0v) is 24.2. The Morgan fingerprint density at radius 2 is 1.59 bits per heavy atom. The van der Waals surface area contributed by atoms with Gasteiger partial charge in [0.1, 0.15) is 11.1 Å². The second kappa shape index (κ2) is 12.6. The number of aryl methyl sites for hydroxylation is 1. The summed E-state index contributed by atoms with van der Waals surface area (Å²) in [6.07, 6.45) is 0. The molecule has 39 heavy (non-hydrogen) atoms. The van der Waals surface area contributed by atoms with Crippen LogP contribution in [-0.4, -0.2) is 30.9 Å². The largest absolute Gasteiger partial charge is 0.493 e. The molecule has 0 unspecified atom stereocenters. The highest BCUT2D eigenvalue weighted by molar-refractivity contribution is 8.00. The minimum absolute atomic E-state index is 0.0420. The molecule has 0 aliphatic heterocycles. The number of thioether (sulfide) groups is 1. The van der Waals surface area contributed by atoms with Gasteiger partial charge >= 0.3 is 0 Å². The Balaban J connectivity index is 1.74. The van der Waals surface area contributed by atoms with Crippen molar-refractivity contribution in [2.45, 2.75) is 11.9 Å². The maximum atomic E-state index is 12.9. The van der Waals surface area contributed by atoms with E-state index in [0.717, 1.165) is 28.5 Å². The number of rotatable bonds is 8. The molecule has 10 heteroatoms. The van der Waals surface area contributed by atoms with Crippen molar-refractivity contribution < 1.29 is 14.3 Å². The number of anilines is 1. The molecule has 0 bridgehead atoms. The van der Waals surface area contributed by atoms with Crippen LogP contribution in [0.15, 0.2) is 65.7 Å². The minimum Gasteiger partial charge on any atom is -0.493 e. The highest BCUT2D eigenvalue weighted by Crippen LogP contribution is 2.38. The predicted molar refractivity (Wildman–Crippen MR) is 158 cm³/mol. The van der Waals surface area contributed by atoms with Crippen LogP contribution in [0, 0.1) is 18.3 Å². The number of nitrogens with one attached hydrogen (secondary N) is 1. The van der Waals surface area contributed by atoms with Gasteiger partial charge in [-0.25, -0.2) is 4.98 Å². The molecule has 0 saturated heterocycles. The van der Waals surface area contributed by atoms with E-state index >= 15 is 0 Å². The van der Waals surface area contributed by atoms with Crippen LogP contribution in [0.25, 0.3) is 22.4 Å². The Bertz CT molecular complexity index is 1560. The summed E-state index contributed by atoms with van der Waals surface area (Å²) in [4.78, 5) is 17.6. The lowest BCUT2D eigenvalue weighted by Crippen LogP contribution is -2.15. The fraction of sp³-hybridized carbons (Fsp3) is 0.138. The Morgan fingerprint density at radius 1 is 0.949 bits per heavy atom. The zero-order valence-electron chi connectivity index (χ0n) is 21.1. The number of nitriles is 1. The summed E-state index contributed by atoms with van der Waals surface area (Å²) in [5, 5.41) is 14.1. The molecule has 0 radical (unpaired) electrons. The van der Waals surface area contributed by atoms with E-state index in [9.17, 15) is 10.1 Å². The van der Waals surface area contributed by atoms with Crippen LogP contribution in [0.2, 0.25) is 15.1 Å². The molecule has 1 amide bonds. The molecule has 3 aromatic carbocycles. The molecular weight excluding hydrogens is 577 g/mol. The van der Waals surface area contributed by atoms with Crippen LogP contribution in [0.1, 0.15) is 11.1 Å². The van der Waals surface area contributed by atoms with Crippen LogP contribution < -0.4 is 14.8 Å². The second-order valence-corrected chi connectivity index (χ2v) is 10.6. The smallest absolute Gasteiger partial charge is 0.234 e. The van der Waals surface area contributed by atoms with E-state index < -0.39 is 0 Å². The van der Waals surface area contributed by atoms with Crippen molar-refractivity contribution in [2.24, 2.45) is 0 Å². The molecule has 4 aromatic rings. The molecule has 0 fully saturated rings. The minimum atomic E-state index is -0.370. The molecule has 0 atom stereocenters. The molecule has 198 valence electrons. The second-order valence-electron chi connectivity index (χ2n) is 8.36. The summed E-state index contributed by atoms with van der Waals surface area (Å²) in [5.41, 5.74) is 4.63. The van der Waals surface area contributed by atoms with Crippen molar-refractivity contribution in [3.8, 4) is 40.0 Å². The highest BCUT2D eigenvalue weighted by atomic mass is 35.5. The van der Waals surface area contributed by atoms with E-state index in [1.54, 1.807) is 26.4 Å². The molecule has 1 aromatic heterocycles. The van der Waals surface area contributed by atoms with Crippen molar-refractivity contribution in [3.63, 3.8) is 0 Å². The molecule has 1 heterocycles. The number of nitrogens with zero attached hydrogens (tertiary/aromatic N) is 2. The number of carbonyl (C=O) groups is 1. The Labute approximate surface area is 245 Å². The normalized spacial score (nSPS) is 10.6. The monoisotopic (exact) mass is 597 g/mol. The number of methoxy groups -OCH3 is 2. The van der Waals surface area contributed by atoms with Gasteiger partial charge in [-0.3, -0.25) is 4.79 Å². The summed E-state index contributed by atoms with van der Waals surface area (Å²) in [6, 6.07) is 20.5. The summed E-state index contributed by atoms with van der Waals surface area (Å²) in [6.45, 7) is 2.00. The fourth-order valence-electron chi connectivity index (χ4n) is 3.81. The number of pyridine rings is 1. The SMILES string of the molecule is COc1ccc(-c2cc(-c3ccc(C)cc3)nc(SCC(=O)Nc3c(Cl)cc(Cl)cc3Cl)c2C#N)cc1OC. The topological polar surface area (TPSA) is 84.2 Å². The number of hydrogen-bond donors (Lipinski definition) is 1. The first-order chi connectivity index (χ1) is 18.7. The molecule has 1 N–H and O–H groups in total. The maximum Gasteiger partial charge on any atom is 0.234 e. The van der Waals surface area contributed by atoms with E-state index in [4.69, 9.17) is 49.3 Å². The fourth-order valence-corrected chi connectivity index (χ4v) is 5.52. The van der Waals surface area contributed by atoms with Gasteiger partial charge in [0.25, 0.3) is 0 Å². The van der Waals surface area contributed by atoms with E-state index in [-0.39, 0.29) is 27.4 Å². The quantitative estimate of drug-likeness (QED) is 0.205. The molecular formula is C29H22Cl3N3O3S. The third-order valence-electron chi connectivity index (χ3n) is 5.75. The van der Waals surface area contributed by atoms with Crippen LogP contribution >= 0.6 is 46.6 Å². The van der Waals surface area contributed by atoms with Gasteiger partial charge in [-0.2, -0.15) is 5.26 Å². The van der Waals surface area contributed by atoms with Crippen LogP contribution in [-0.2, 0) is 4.79 Å². The van der Waals surface area contributed by atoms with Crippen molar-refractivity contribution in [3.05, 3.63) is 86.9 Å². The lowest BCUT2D eigenvalue weighted by molar-refractivity contribution is -0.113. The summed E-state index contributed by atoms with van der Waals surface area (Å²) >= 11 is 19.5. The van der Waals surface area contributed by atoms with Crippen molar-refractivity contribution in [1.82, 2.24) is 4.98 Å².